The van der Waals surface area contributed by atoms with Crippen molar-refractivity contribution in [3.63, 3.8) is 0 Å². The maximum absolute atomic E-state index is 11.4. The van der Waals surface area contributed by atoms with Crippen molar-refractivity contribution in [3.05, 3.63) is 94.6 Å². The summed E-state index contributed by atoms with van der Waals surface area (Å²) in [5.74, 6) is 1.49. The van der Waals surface area contributed by atoms with Gasteiger partial charge in [-0.3, -0.25) is 4.79 Å². The molecule has 0 aromatic heterocycles. The second-order valence-electron chi connectivity index (χ2n) is 10.7. The summed E-state index contributed by atoms with van der Waals surface area (Å²) in [6.45, 7) is 4.89. The largest absolute Gasteiger partial charge is 0.494 e. The van der Waals surface area contributed by atoms with Gasteiger partial charge in [0, 0.05) is 18.1 Å². The molecular formula is C32H34O6S. The predicted octanol–water partition coefficient (Wildman–Crippen LogP) is 6.20. The molecule has 3 atom stereocenters. The third-order valence-electron chi connectivity index (χ3n) is 7.69. The number of benzene rings is 3. The molecule has 3 aromatic carbocycles. The number of hydrogen-bond acceptors (Lipinski definition) is 5. The first-order valence-electron chi connectivity index (χ1n) is 13.3. The van der Waals surface area contributed by atoms with Gasteiger partial charge in [0.15, 0.2) is 0 Å². The molecule has 0 saturated heterocycles. The zero-order valence-corrected chi connectivity index (χ0v) is 23.3. The van der Waals surface area contributed by atoms with Crippen molar-refractivity contribution >= 4 is 15.8 Å². The lowest BCUT2D eigenvalue weighted by atomic mass is 9.77. The highest BCUT2D eigenvalue weighted by atomic mass is 32.2. The summed E-state index contributed by atoms with van der Waals surface area (Å²) in [7, 11) is -2.99. The van der Waals surface area contributed by atoms with Gasteiger partial charge in [-0.15, -0.1) is 0 Å². The van der Waals surface area contributed by atoms with Crippen LogP contribution in [-0.2, 0) is 21.2 Å². The second-order valence-corrected chi connectivity index (χ2v) is 13.0. The molecule has 2 aliphatic carbocycles. The van der Waals surface area contributed by atoms with Crippen LogP contribution in [-0.4, -0.2) is 38.1 Å². The van der Waals surface area contributed by atoms with Crippen molar-refractivity contribution in [1.29, 1.82) is 0 Å². The van der Waals surface area contributed by atoms with Crippen LogP contribution in [0.2, 0.25) is 0 Å². The van der Waals surface area contributed by atoms with Gasteiger partial charge in [0.05, 0.1) is 18.8 Å². The van der Waals surface area contributed by atoms with E-state index in [9.17, 15) is 18.3 Å². The molecule has 0 radical (unpaired) electrons. The molecule has 7 heteroatoms. The topological polar surface area (TPSA) is 89.9 Å². The van der Waals surface area contributed by atoms with Gasteiger partial charge in [0.2, 0.25) is 0 Å². The van der Waals surface area contributed by atoms with Crippen LogP contribution in [0.1, 0.15) is 52.5 Å². The van der Waals surface area contributed by atoms with Gasteiger partial charge in [-0.05, 0) is 95.5 Å². The first kappa shape index (κ1) is 27.0. The van der Waals surface area contributed by atoms with E-state index in [0.717, 1.165) is 44.9 Å². The second kappa shape index (κ2) is 10.9. The van der Waals surface area contributed by atoms with Gasteiger partial charge in [-0.2, -0.15) is 0 Å². The smallest absolute Gasteiger partial charge is 0.303 e. The highest BCUT2D eigenvalue weighted by molar-refractivity contribution is 7.90. The number of hydrogen-bond donors (Lipinski definition) is 1. The fourth-order valence-electron chi connectivity index (χ4n) is 5.91. The molecule has 0 amide bonds. The number of allylic oxidation sites excluding steroid dienone is 2. The maximum Gasteiger partial charge on any atom is 0.303 e. The predicted molar refractivity (Wildman–Crippen MR) is 152 cm³/mol. The number of ether oxygens (including phenoxy) is 2. The summed E-state index contributed by atoms with van der Waals surface area (Å²) in [4.78, 5) is 11.4. The lowest BCUT2D eigenvalue weighted by Gasteiger charge is -2.26. The Morgan fingerprint density at radius 2 is 1.69 bits per heavy atom. The molecular weight excluding hydrogens is 512 g/mol. The molecule has 204 valence electrons. The van der Waals surface area contributed by atoms with Crippen LogP contribution in [0.5, 0.6) is 11.5 Å². The van der Waals surface area contributed by atoms with Crippen LogP contribution in [0, 0.1) is 19.8 Å². The minimum Gasteiger partial charge on any atom is -0.494 e. The van der Waals surface area contributed by atoms with E-state index in [0.29, 0.717) is 19.6 Å². The molecule has 6 nitrogen and oxygen atoms in total. The van der Waals surface area contributed by atoms with Gasteiger partial charge >= 0.3 is 5.97 Å². The molecule has 0 spiro atoms. The van der Waals surface area contributed by atoms with Gasteiger partial charge in [-0.1, -0.05) is 36.4 Å². The number of rotatable bonds is 11. The van der Waals surface area contributed by atoms with E-state index in [-0.39, 0.29) is 29.9 Å². The molecule has 3 unspecified atom stereocenters. The Bertz CT molecular complexity index is 1510. The summed E-state index contributed by atoms with van der Waals surface area (Å²) in [5.41, 5.74) is 7.78. The lowest BCUT2D eigenvalue weighted by Crippen LogP contribution is -2.17. The highest BCUT2D eigenvalue weighted by Gasteiger charge is 2.43. The van der Waals surface area contributed by atoms with E-state index in [4.69, 9.17) is 9.47 Å². The zero-order chi connectivity index (χ0) is 27.7. The van der Waals surface area contributed by atoms with Crippen LogP contribution < -0.4 is 9.47 Å². The lowest BCUT2D eigenvalue weighted by molar-refractivity contribution is -0.137. The highest BCUT2D eigenvalue weighted by Crippen LogP contribution is 2.55. The Morgan fingerprint density at radius 1 is 0.923 bits per heavy atom. The SMILES string of the molecule is Cc1cc(OCCCS(C)(=O)=O)cc(C)c1-c1cccc(COc2ccc3c(c2)C2C=CC2C3CC(=O)O)c1. The average Bonchev–Trinajstić information content (AvgIpc) is 3.03. The van der Waals surface area contributed by atoms with E-state index in [2.05, 4.69) is 44.2 Å². The number of fused-ring (bicyclic) bond motifs is 3. The van der Waals surface area contributed by atoms with Crippen LogP contribution in [0.25, 0.3) is 11.1 Å². The minimum absolute atomic E-state index is 0.0361. The van der Waals surface area contributed by atoms with Crippen LogP contribution >= 0.6 is 0 Å². The molecule has 0 heterocycles. The summed E-state index contributed by atoms with van der Waals surface area (Å²) in [6.07, 6.45) is 6.15. The Hall–Kier alpha value is -3.58. The quantitative estimate of drug-likeness (QED) is 0.227. The minimum atomic E-state index is -2.99. The molecule has 0 bridgehead atoms. The van der Waals surface area contributed by atoms with Crippen molar-refractivity contribution in [1.82, 2.24) is 0 Å². The monoisotopic (exact) mass is 546 g/mol. The normalized spacial score (nSPS) is 19.2. The Labute approximate surface area is 230 Å². The van der Waals surface area contributed by atoms with E-state index >= 15 is 0 Å². The van der Waals surface area contributed by atoms with Crippen molar-refractivity contribution in [2.45, 2.75) is 45.1 Å². The molecule has 0 saturated carbocycles. The number of carboxylic acids is 1. The first-order chi connectivity index (χ1) is 18.6. The van der Waals surface area contributed by atoms with Gasteiger partial charge in [0.1, 0.15) is 27.9 Å². The van der Waals surface area contributed by atoms with E-state index in [1.165, 1.54) is 11.8 Å². The van der Waals surface area contributed by atoms with Crippen molar-refractivity contribution < 1.29 is 27.8 Å². The fraction of sp³-hybridized carbons (Fsp3) is 0.344. The molecule has 0 aliphatic heterocycles. The van der Waals surface area contributed by atoms with Gasteiger partial charge in [-0.25, -0.2) is 8.42 Å². The van der Waals surface area contributed by atoms with E-state index in [1.807, 2.05) is 36.4 Å². The zero-order valence-electron chi connectivity index (χ0n) is 22.5. The Balaban J connectivity index is 1.26. The summed E-state index contributed by atoms with van der Waals surface area (Å²) >= 11 is 0. The van der Waals surface area contributed by atoms with Gasteiger partial charge in [0.25, 0.3) is 0 Å². The molecule has 3 aromatic rings. The van der Waals surface area contributed by atoms with Crippen molar-refractivity contribution in [3.8, 4) is 22.6 Å². The number of aliphatic carboxylic acids is 1. The molecule has 2 aliphatic rings. The third-order valence-corrected chi connectivity index (χ3v) is 8.72. The van der Waals surface area contributed by atoms with Crippen molar-refractivity contribution in [2.75, 3.05) is 18.6 Å². The van der Waals surface area contributed by atoms with Crippen molar-refractivity contribution in [2.24, 2.45) is 5.92 Å². The van der Waals surface area contributed by atoms with Crippen LogP contribution in [0.15, 0.2) is 66.7 Å². The summed E-state index contributed by atoms with van der Waals surface area (Å²) in [6, 6.07) is 18.4. The maximum atomic E-state index is 11.4. The standard InChI is InChI=1S/C32H34O6S/c1-20-14-25(37-12-5-13-39(3,35)36)15-21(2)32(20)23-7-4-6-22(16-23)19-38-24-8-9-28-29(17-24)26-10-11-27(26)30(28)18-31(33)34/h4,6-11,14-17,26-27,30H,5,12-13,18-19H2,1-3H3,(H,33,34). The number of aryl methyl sites for hydroxylation is 2. The van der Waals surface area contributed by atoms with Crippen LogP contribution in [0.3, 0.4) is 0 Å². The van der Waals surface area contributed by atoms with Gasteiger partial charge < -0.3 is 14.6 Å². The Kier molecular flexibility index (Phi) is 7.54. The fourth-order valence-corrected chi connectivity index (χ4v) is 6.56. The Morgan fingerprint density at radius 3 is 2.36 bits per heavy atom. The summed E-state index contributed by atoms with van der Waals surface area (Å²) in [5, 5.41) is 9.34. The van der Waals surface area contributed by atoms with Crippen LogP contribution in [0.4, 0.5) is 0 Å². The molecule has 39 heavy (non-hydrogen) atoms. The van der Waals surface area contributed by atoms with E-state index < -0.39 is 15.8 Å². The summed E-state index contributed by atoms with van der Waals surface area (Å²) < 4.78 is 34.7. The first-order valence-corrected chi connectivity index (χ1v) is 15.3. The third kappa shape index (κ3) is 6.04. The average molecular weight is 547 g/mol. The number of carbonyl (C=O) groups is 1. The number of sulfone groups is 1. The molecule has 1 N–H and O–H groups in total. The molecule has 0 fully saturated rings. The molecule has 5 rings (SSSR count). The van der Waals surface area contributed by atoms with E-state index in [1.54, 1.807) is 0 Å². The number of carboxylic acid groups (broad SMARTS) is 1.